The molecule has 0 saturated carbocycles. The van der Waals surface area contributed by atoms with Crippen molar-refractivity contribution in [3.05, 3.63) is 60.1 Å². The summed E-state index contributed by atoms with van der Waals surface area (Å²) in [6.07, 6.45) is 3.50. The lowest BCUT2D eigenvalue weighted by atomic mass is 10.0. The molecule has 0 fully saturated rings. The predicted molar refractivity (Wildman–Crippen MR) is 85.8 cm³/mol. The highest BCUT2D eigenvalue weighted by atomic mass is 16.5. The second-order valence-electron chi connectivity index (χ2n) is 5.14. The third-order valence-electron chi connectivity index (χ3n) is 3.71. The van der Waals surface area contributed by atoms with E-state index in [0.29, 0.717) is 12.2 Å². The number of nitrogens with zero attached hydrogens (tertiary/aromatic N) is 1. The van der Waals surface area contributed by atoms with Crippen molar-refractivity contribution in [3.8, 4) is 28.3 Å². The largest absolute Gasteiger partial charge is 0.472 e. The van der Waals surface area contributed by atoms with Crippen molar-refractivity contribution in [1.82, 2.24) is 0 Å². The van der Waals surface area contributed by atoms with Crippen molar-refractivity contribution in [2.24, 2.45) is 0 Å². The fourth-order valence-corrected chi connectivity index (χ4v) is 2.66. The Labute approximate surface area is 134 Å². The van der Waals surface area contributed by atoms with Gasteiger partial charge in [0.1, 0.15) is 0 Å². The summed E-state index contributed by atoms with van der Waals surface area (Å²) in [6, 6.07) is 13.3. The highest BCUT2D eigenvalue weighted by Crippen LogP contribution is 2.39. The van der Waals surface area contributed by atoms with Crippen molar-refractivity contribution in [2.75, 3.05) is 6.61 Å². The summed E-state index contributed by atoms with van der Waals surface area (Å²) < 4.78 is 10.3. The highest BCUT2D eigenvalue weighted by Gasteiger charge is 2.19. The van der Waals surface area contributed by atoms with Crippen molar-refractivity contribution in [1.29, 1.82) is 5.26 Å². The number of hydrogen-bond acceptors (Lipinski definition) is 4. The van der Waals surface area contributed by atoms with Crippen LogP contribution in [0.5, 0.6) is 0 Å². The molecule has 4 heteroatoms. The maximum Gasteiger partial charge on any atom is 0.310 e. The molecule has 0 atom stereocenters. The molecule has 0 spiro atoms. The van der Waals surface area contributed by atoms with Gasteiger partial charge in [0.25, 0.3) is 0 Å². The number of fused-ring (bicyclic) bond motifs is 1. The minimum Gasteiger partial charge on any atom is -0.472 e. The number of carbonyl (C=O) groups excluding carboxylic acids is 1. The third kappa shape index (κ3) is 2.95. The first-order valence-electron chi connectivity index (χ1n) is 7.37. The minimum atomic E-state index is -0.244. The van der Waals surface area contributed by atoms with Gasteiger partial charge in [-0.25, -0.2) is 0 Å². The van der Waals surface area contributed by atoms with Crippen molar-refractivity contribution >= 4 is 5.97 Å². The monoisotopic (exact) mass is 305 g/mol. The summed E-state index contributed by atoms with van der Waals surface area (Å²) in [6.45, 7) is 2.16. The number of nitriles is 1. The zero-order chi connectivity index (χ0) is 16.2. The zero-order valence-electron chi connectivity index (χ0n) is 12.7. The zero-order valence-corrected chi connectivity index (χ0v) is 12.7. The normalized spacial score (nSPS) is 10.4. The molecule has 2 aliphatic rings. The molecule has 0 aromatic heterocycles. The Kier molecular flexibility index (Phi) is 4.11. The topological polar surface area (TPSA) is 63.2 Å². The fraction of sp³-hybridized carbons (Fsp3) is 0.158. The molecule has 1 aromatic rings. The van der Waals surface area contributed by atoms with E-state index in [0.717, 1.165) is 27.8 Å². The van der Waals surface area contributed by atoms with Gasteiger partial charge in [-0.3, -0.25) is 4.79 Å². The Bertz CT molecular complexity index is 840. The molecule has 0 amide bonds. The van der Waals surface area contributed by atoms with Gasteiger partial charge >= 0.3 is 5.97 Å². The Morgan fingerprint density at radius 2 is 1.96 bits per heavy atom. The summed E-state index contributed by atoms with van der Waals surface area (Å²) >= 11 is 0. The van der Waals surface area contributed by atoms with E-state index in [9.17, 15) is 4.79 Å². The van der Waals surface area contributed by atoms with Gasteiger partial charge in [-0.05, 0) is 53.4 Å². The molecule has 0 bridgehead atoms. The van der Waals surface area contributed by atoms with Crippen molar-refractivity contribution < 1.29 is 13.9 Å². The summed E-state index contributed by atoms with van der Waals surface area (Å²) in [5, 5.41) is 8.91. The van der Waals surface area contributed by atoms with Gasteiger partial charge in [0.15, 0.2) is 0 Å². The van der Waals surface area contributed by atoms with Crippen LogP contribution in [0.15, 0.2) is 53.3 Å². The Morgan fingerprint density at radius 3 is 2.65 bits per heavy atom. The van der Waals surface area contributed by atoms with E-state index >= 15 is 0 Å². The maximum absolute atomic E-state index is 11.8. The molecule has 1 heterocycles. The Morgan fingerprint density at radius 1 is 1.17 bits per heavy atom. The van der Waals surface area contributed by atoms with Crippen LogP contribution in [-0.4, -0.2) is 12.6 Å². The summed E-state index contributed by atoms with van der Waals surface area (Å²) in [5.74, 6) is -0.244. The van der Waals surface area contributed by atoms with Crippen molar-refractivity contribution in [3.63, 3.8) is 0 Å². The quantitative estimate of drug-likeness (QED) is 0.683. The van der Waals surface area contributed by atoms with E-state index in [1.807, 2.05) is 24.3 Å². The number of ether oxygens (including phenoxy) is 1. The predicted octanol–water partition coefficient (Wildman–Crippen LogP) is 4.03. The second kappa shape index (κ2) is 6.37. The summed E-state index contributed by atoms with van der Waals surface area (Å²) in [5.41, 5.74) is 5.40. The molecule has 0 saturated heterocycles. The van der Waals surface area contributed by atoms with Crippen LogP contribution in [0.4, 0.5) is 0 Å². The number of hydrogen-bond donors (Lipinski definition) is 0. The number of esters is 1. The van der Waals surface area contributed by atoms with Crippen LogP contribution >= 0.6 is 0 Å². The van der Waals surface area contributed by atoms with E-state index in [1.165, 1.54) is 0 Å². The van der Waals surface area contributed by atoms with Crippen LogP contribution in [0.1, 0.15) is 18.1 Å². The lowest BCUT2D eigenvalue weighted by molar-refractivity contribution is -0.142. The molecule has 0 unspecified atom stereocenters. The lowest BCUT2D eigenvalue weighted by Gasteiger charge is -2.04. The molecular weight excluding hydrogens is 290 g/mol. The van der Waals surface area contributed by atoms with Gasteiger partial charge in [-0.1, -0.05) is 12.1 Å². The van der Waals surface area contributed by atoms with E-state index in [4.69, 9.17) is 14.4 Å². The molecule has 4 nitrogen and oxygen atoms in total. The standard InChI is InChI=1S/C19H15NO3/c1-2-23-19(21)10-15-9-17(18-12-22-8-7-16(15)18)14-5-3-13(11-20)4-6-14/h3-9,12H,2,10H2,1H3. The molecule has 0 N–H and O–H groups in total. The molecule has 1 aliphatic heterocycles. The first-order chi connectivity index (χ1) is 11.2. The van der Waals surface area contributed by atoms with E-state index in [1.54, 1.807) is 31.6 Å². The first kappa shape index (κ1) is 14.9. The number of benzene rings is 1. The van der Waals surface area contributed by atoms with Crippen LogP contribution in [0.2, 0.25) is 0 Å². The van der Waals surface area contributed by atoms with Crippen LogP contribution in [0, 0.1) is 11.3 Å². The van der Waals surface area contributed by atoms with Crippen LogP contribution in [0.3, 0.4) is 0 Å². The Hall–Kier alpha value is -3.06. The van der Waals surface area contributed by atoms with Gasteiger partial charge in [0, 0.05) is 5.56 Å². The molecule has 114 valence electrons. The second-order valence-corrected chi connectivity index (χ2v) is 5.14. The maximum atomic E-state index is 11.8. The number of rotatable bonds is 4. The lowest BCUT2D eigenvalue weighted by Crippen LogP contribution is -2.07. The van der Waals surface area contributed by atoms with Crippen LogP contribution in [-0.2, 0) is 16.0 Å². The van der Waals surface area contributed by atoms with Crippen LogP contribution < -0.4 is 0 Å². The molecule has 3 rings (SSSR count). The molecule has 0 radical (unpaired) electrons. The molecular formula is C19H15NO3. The van der Waals surface area contributed by atoms with Gasteiger partial charge in [0.05, 0.1) is 37.2 Å². The smallest absolute Gasteiger partial charge is 0.310 e. The summed E-state index contributed by atoms with van der Waals surface area (Å²) in [4.78, 5) is 11.8. The molecule has 1 aliphatic carbocycles. The molecule has 1 aromatic carbocycles. The van der Waals surface area contributed by atoms with Gasteiger partial charge in [0.2, 0.25) is 0 Å². The third-order valence-corrected chi connectivity index (χ3v) is 3.71. The Balaban J connectivity index is 2.03. The van der Waals surface area contributed by atoms with E-state index < -0.39 is 0 Å². The van der Waals surface area contributed by atoms with Crippen molar-refractivity contribution in [2.45, 2.75) is 13.3 Å². The first-order valence-corrected chi connectivity index (χ1v) is 7.37. The fourth-order valence-electron chi connectivity index (χ4n) is 2.66. The highest BCUT2D eigenvalue weighted by molar-refractivity contribution is 5.90. The van der Waals surface area contributed by atoms with Gasteiger partial charge < -0.3 is 9.15 Å². The van der Waals surface area contributed by atoms with Crippen LogP contribution in [0.25, 0.3) is 22.3 Å². The average molecular weight is 305 g/mol. The minimum absolute atomic E-state index is 0.227. The molecule has 23 heavy (non-hydrogen) atoms. The van der Waals surface area contributed by atoms with Gasteiger partial charge in [-0.2, -0.15) is 5.26 Å². The van der Waals surface area contributed by atoms with E-state index in [2.05, 4.69) is 6.07 Å². The average Bonchev–Trinajstić information content (AvgIpc) is 2.94. The van der Waals surface area contributed by atoms with Gasteiger partial charge in [-0.15, -0.1) is 0 Å². The summed E-state index contributed by atoms with van der Waals surface area (Å²) in [7, 11) is 0. The van der Waals surface area contributed by atoms with E-state index in [-0.39, 0.29) is 12.4 Å². The SMILES string of the molecule is CCOC(=O)Cc1cc(-c2ccc(C#N)cc2)c2coccc1-2. The number of carbonyl (C=O) groups is 1.